The number of nitrogens with zero attached hydrogens (tertiary/aromatic N) is 3. The zero-order chi connectivity index (χ0) is 18.6. The van der Waals surface area contributed by atoms with E-state index in [-0.39, 0.29) is 24.2 Å². The van der Waals surface area contributed by atoms with E-state index in [9.17, 15) is 9.59 Å². The molecule has 4 rings (SSSR count). The highest BCUT2D eigenvalue weighted by Crippen LogP contribution is 2.29. The quantitative estimate of drug-likeness (QED) is 0.878. The van der Waals surface area contributed by atoms with E-state index in [0.717, 1.165) is 24.1 Å². The number of hydrogen-bond donors (Lipinski definition) is 1. The van der Waals surface area contributed by atoms with Gasteiger partial charge < -0.3 is 10.2 Å². The second-order valence-corrected chi connectivity index (χ2v) is 8.41. The van der Waals surface area contributed by atoms with E-state index in [2.05, 4.69) is 15.3 Å². The summed E-state index contributed by atoms with van der Waals surface area (Å²) in [6.45, 7) is 0.981. The standard InChI is InChI=1S/C20H24N4O2S/c25-18-11-15(13-24(18)12-14-7-9-21-10-8-14)19(26)23-20-22-16-5-3-1-2-4-6-17(16)27-20/h7-10,15H,1-6,11-13H2,(H,22,23,26)/t15-/m0/s1. The van der Waals surface area contributed by atoms with Crippen molar-refractivity contribution in [3.63, 3.8) is 0 Å². The number of likely N-dealkylation sites (tertiary alicyclic amines) is 1. The summed E-state index contributed by atoms with van der Waals surface area (Å²) >= 11 is 1.60. The predicted molar refractivity (Wildman–Crippen MR) is 104 cm³/mol. The van der Waals surface area contributed by atoms with Crippen molar-refractivity contribution in [1.29, 1.82) is 0 Å². The first-order valence-electron chi connectivity index (χ1n) is 9.65. The number of carbonyl (C=O) groups excluding carboxylic acids is 2. The third-order valence-electron chi connectivity index (χ3n) is 5.28. The summed E-state index contributed by atoms with van der Waals surface area (Å²) in [7, 11) is 0. The van der Waals surface area contributed by atoms with Crippen molar-refractivity contribution in [3.05, 3.63) is 40.7 Å². The number of pyridine rings is 1. The molecule has 6 nitrogen and oxygen atoms in total. The minimum absolute atomic E-state index is 0.0263. The number of aromatic nitrogens is 2. The largest absolute Gasteiger partial charge is 0.338 e. The van der Waals surface area contributed by atoms with Gasteiger partial charge in [0.1, 0.15) is 0 Å². The molecule has 0 spiro atoms. The van der Waals surface area contributed by atoms with Crippen molar-refractivity contribution in [3.8, 4) is 0 Å². The number of nitrogens with one attached hydrogen (secondary N) is 1. The first-order valence-corrected chi connectivity index (χ1v) is 10.5. The molecule has 2 aromatic rings. The lowest BCUT2D eigenvalue weighted by molar-refractivity contribution is -0.128. The Morgan fingerprint density at radius 2 is 1.96 bits per heavy atom. The summed E-state index contributed by atoms with van der Waals surface area (Å²) in [5.41, 5.74) is 2.18. The topological polar surface area (TPSA) is 75.2 Å². The Morgan fingerprint density at radius 1 is 1.19 bits per heavy atom. The number of hydrogen-bond acceptors (Lipinski definition) is 5. The van der Waals surface area contributed by atoms with Crippen LogP contribution in [0.3, 0.4) is 0 Å². The van der Waals surface area contributed by atoms with Gasteiger partial charge in [-0.3, -0.25) is 14.6 Å². The fourth-order valence-electron chi connectivity index (χ4n) is 3.78. The van der Waals surface area contributed by atoms with Crippen molar-refractivity contribution in [2.45, 2.75) is 51.5 Å². The monoisotopic (exact) mass is 384 g/mol. The van der Waals surface area contributed by atoms with Crippen LogP contribution in [0.5, 0.6) is 0 Å². The smallest absolute Gasteiger partial charge is 0.231 e. The molecule has 0 radical (unpaired) electrons. The Labute approximate surface area is 163 Å². The van der Waals surface area contributed by atoms with Gasteiger partial charge >= 0.3 is 0 Å². The van der Waals surface area contributed by atoms with E-state index < -0.39 is 0 Å². The molecule has 2 aromatic heterocycles. The van der Waals surface area contributed by atoms with E-state index in [1.165, 1.54) is 30.6 Å². The normalized spacial score (nSPS) is 20.1. The van der Waals surface area contributed by atoms with Gasteiger partial charge in [0.25, 0.3) is 0 Å². The highest BCUT2D eigenvalue weighted by molar-refractivity contribution is 7.15. The summed E-state index contributed by atoms with van der Waals surface area (Å²) in [6.07, 6.45) is 10.7. The van der Waals surface area contributed by atoms with Crippen molar-refractivity contribution in [2.24, 2.45) is 5.92 Å². The molecule has 27 heavy (non-hydrogen) atoms. The molecule has 1 atom stereocenters. The van der Waals surface area contributed by atoms with Crippen LogP contribution in [0.25, 0.3) is 0 Å². The van der Waals surface area contributed by atoms with Crippen molar-refractivity contribution < 1.29 is 9.59 Å². The van der Waals surface area contributed by atoms with Crippen LogP contribution in [0.1, 0.15) is 48.2 Å². The van der Waals surface area contributed by atoms with Crippen LogP contribution in [-0.2, 0) is 29.0 Å². The molecule has 0 unspecified atom stereocenters. The molecule has 1 N–H and O–H groups in total. The predicted octanol–water partition coefficient (Wildman–Crippen LogP) is 3.18. The molecule has 2 amide bonds. The molecule has 1 saturated heterocycles. The van der Waals surface area contributed by atoms with Gasteiger partial charge in [-0.15, -0.1) is 11.3 Å². The summed E-state index contributed by atoms with van der Waals surface area (Å²) < 4.78 is 0. The molecule has 1 aliphatic carbocycles. The molecule has 1 fully saturated rings. The second-order valence-electron chi connectivity index (χ2n) is 7.32. The summed E-state index contributed by atoms with van der Waals surface area (Å²) in [5, 5.41) is 3.65. The fourth-order valence-corrected chi connectivity index (χ4v) is 4.83. The van der Waals surface area contributed by atoms with Gasteiger partial charge in [-0.05, 0) is 43.4 Å². The van der Waals surface area contributed by atoms with E-state index in [1.54, 1.807) is 28.6 Å². The van der Waals surface area contributed by atoms with Crippen LogP contribution < -0.4 is 5.32 Å². The summed E-state index contributed by atoms with van der Waals surface area (Å²) in [4.78, 5) is 36.7. The molecule has 0 aromatic carbocycles. The number of carbonyl (C=O) groups is 2. The number of rotatable bonds is 4. The van der Waals surface area contributed by atoms with Gasteiger partial charge in [-0.1, -0.05) is 12.8 Å². The Balaban J connectivity index is 1.37. The average molecular weight is 385 g/mol. The first-order chi connectivity index (χ1) is 13.2. The van der Waals surface area contributed by atoms with Gasteiger partial charge in [0.05, 0.1) is 11.6 Å². The van der Waals surface area contributed by atoms with Crippen LogP contribution in [0.4, 0.5) is 5.13 Å². The highest BCUT2D eigenvalue weighted by Gasteiger charge is 2.34. The van der Waals surface area contributed by atoms with Crippen LogP contribution in [-0.4, -0.2) is 33.2 Å². The Morgan fingerprint density at radius 3 is 2.78 bits per heavy atom. The Hall–Kier alpha value is -2.28. The molecule has 0 bridgehead atoms. The van der Waals surface area contributed by atoms with Crippen LogP contribution >= 0.6 is 11.3 Å². The van der Waals surface area contributed by atoms with Gasteiger partial charge in [-0.25, -0.2) is 4.98 Å². The lowest BCUT2D eigenvalue weighted by Gasteiger charge is -2.16. The van der Waals surface area contributed by atoms with Crippen LogP contribution in [0, 0.1) is 5.92 Å². The lowest BCUT2D eigenvalue weighted by Crippen LogP contribution is -2.28. The molecule has 0 saturated carbocycles. The minimum atomic E-state index is -0.314. The SMILES string of the molecule is O=C(Nc1nc2c(s1)CCCCCC2)[C@H]1CC(=O)N(Cc2ccncc2)C1. The van der Waals surface area contributed by atoms with Gasteiger partial charge in [0, 0.05) is 36.8 Å². The zero-order valence-electron chi connectivity index (χ0n) is 15.3. The van der Waals surface area contributed by atoms with E-state index in [1.807, 2.05) is 12.1 Å². The highest BCUT2D eigenvalue weighted by atomic mass is 32.1. The molecular weight excluding hydrogens is 360 g/mol. The maximum absolute atomic E-state index is 12.7. The van der Waals surface area contributed by atoms with E-state index >= 15 is 0 Å². The maximum Gasteiger partial charge on any atom is 0.231 e. The van der Waals surface area contributed by atoms with Crippen LogP contribution in [0.15, 0.2) is 24.5 Å². The van der Waals surface area contributed by atoms with E-state index in [0.29, 0.717) is 18.2 Å². The van der Waals surface area contributed by atoms with Gasteiger partial charge in [0.15, 0.2) is 5.13 Å². The lowest BCUT2D eigenvalue weighted by atomic mass is 10.0. The maximum atomic E-state index is 12.7. The van der Waals surface area contributed by atoms with Gasteiger partial charge in [-0.2, -0.15) is 0 Å². The Bertz CT molecular complexity index is 795. The molecular formula is C20H24N4O2S. The summed E-state index contributed by atoms with van der Waals surface area (Å²) in [5.74, 6) is -0.383. The molecule has 3 heterocycles. The second kappa shape index (κ2) is 8.17. The third kappa shape index (κ3) is 4.35. The van der Waals surface area contributed by atoms with Crippen LogP contribution in [0.2, 0.25) is 0 Å². The zero-order valence-corrected chi connectivity index (χ0v) is 16.1. The fraction of sp³-hybridized carbons (Fsp3) is 0.500. The van der Waals surface area contributed by atoms with Gasteiger partial charge in [0.2, 0.25) is 11.8 Å². The number of thiazole rings is 1. The van der Waals surface area contributed by atoms with E-state index in [4.69, 9.17) is 0 Å². The molecule has 142 valence electrons. The molecule has 2 aliphatic rings. The number of amides is 2. The molecule has 1 aliphatic heterocycles. The minimum Gasteiger partial charge on any atom is -0.338 e. The van der Waals surface area contributed by atoms with Crippen molar-refractivity contribution in [2.75, 3.05) is 11.9 Å². The number of fused-ring (bicyclic) bond motifs is 1. The summed E-state index contributed by atoms with van der Waals surface area (Å²) in [6, 6.07) is 3.79. The first kappa shape index (κ1) is 18.1. The molecule has 7 heteroatoms. The van der Waals surface area contributed by atoms with Crippen molar-refractivity contribution in [1.82, 2.24) is 14.9 Å². The third-order valence-corrected chi connectivity index (χ3v) is 6.36. The van der Waals surface area contributed by atoms with Crippen molar-refractivity contribution >= 4 is 28.3 Å². The number of anilines is 1. The number of aryl methyl sites for hydroxylation is 2. The average Bonchev–Trinajstić information content (AvgIpc) is 3.19. The Kier molecular flexibility index (Phi) is 5.48.